The molecule has 1 atom stereocenters. The first-order valence-corrected chi connectivity index (χ1v) is 9.03. The fraction of sp³-hybridized carbons (Fsp3) is 0.0952. The first kappa shape index (κ1) is 17.1. The van der Waals surface area contributed by atoms with Crippen LogP contribution >= 0.6 is 23.2 Å². The summed E-state index contributed by atoms with van der Waals surface area (Å²) in [7, 11) is 0. The molecule has 4 aromatic rings. The molecule has 0 saturated carbocycles. The fourth-order valence-corrected chi connectivity index (χ4v) is 3.85. The molecule has 1 aromatic heterocycles. The van der Waals surface area contributed by atoms with E-state index < -0.39 is 5.66 Å². The molecule has 1 heterocycles. The Morgan fingerprint density at radius 2 is 1.81 bits per heavy atom. The first-order valence-electron chi connectivity index (χ1n) is 8.27. The predicted molar refractivity (Wildman–Crippen MR) is 108 cm³/mol. The Morgan fingerprint density at radius 1 is 1.00 bits per heavy atom. The van der Waals surface area contributed by atoms with Gasteiger partial charge in [0, 0.05) is 34.4 Å². The largest absolute Gasteiger partial charge is 0.314 e. The third kappa shape index (κ3) is 2.99. The minimum atomic E-state index is -0.838. The maximum absolute atomic E-state index is 7.02. The minimum Gasteiger partial charge on any atom is -0.314 e. The molecule has 5 heteroatoms. The van der Waals surface area contributed by atoms with Crippen LogP contribution in [0, 0.1) is 0 Å². The molecule has 3 nitrogen and oxygen atoms in total. The smallest absolute Gasteiger partial charge is 0.124 e. The summed E-state index contributed by atoms with van der Waals surface area (Å²) in [6.45, 7) is 0. The van der Waals surface area contributed by atoms with Gasteiger partial charge in [-0.1, -0.05) is 71.7 Å². The summed E-state index contributed by atoms with van der Waals surface area (Å²) in [4.78, 5) is 4.20. The van der Waals surface area contributed by atoms with Crippen molar-refractivity contribution in [1.29, 1.82) is 0 Å². The summed E-state index contributed by atoms with van der Waals surface area (Å²) in [6, 6.07) is 19.9. The molecule has 130 valence electrons. The lowest BCUT2D eigenvalue weighted by Crippen LogP contribution is -2.45. The van der Waals surface area contributed by atoms with Crippen molar-refractivity contribution in [2.24, 2.45) is 5.73 Å². The molecule has 0 aliphatic heterocycles. The molecule has 3 aromatic carbocycles. The van der Waals surface area contributed by atoms with Crippen LogP contribution in [-0.4, -0.2) is 9.55 Å². The second kappa shape index (κ2) is 6.76. The Kier molecular flexibility index (Phi) is 4.45. The number of nitrogens with zero attached hydrogens (tertiary/aromatic N) is 2. The van der Waals surface area contributed by atoms with Gasteiger partial charge in [0.2, 0.25) is 0 Å². The van der Waals surface area contributed by atoms with Crippen molar-refractivity contribution in [1.82, 2.24) is 9.55 Å². The van der Waals surface area contributed by atoms with Crippen LogP contribution in [0.5, 0.6) is 0 Å². The standard InChI is InChI=1S/C21H17Cl2N3/c22-17-9-8-16(20(23)12-17)13-21(24,26-11-10-25-14-26)19-7-3-5-15-4-1-2-6-18(15)19/h1-12,14H,13,24H2. The molecule has 26 heavy (non-hydrogen) atoms. The molecule has 0 spiro atoms. The van der Waals surface area contributed by atoms with Crippen molar-refractivity contribution in [3.05, 3.63) is 101 Å². The van der Waals surface area contributed by atoms with Crippen LogP contribution in [0.2, 0.25) is 10.0 Å². The van der Waals surface area contributed by atoms with Crippen molar-refractivity contribution in [2.45, 2.75) is 12.1 Å². The van der Waals surface area contributed by atoms with Crippen LogP contribution in [0.3, 0.4) is 0 Å². The average Bonchev–Trinajstić information content (AvgIpc) is 3.19. The minimum absolute atomic E-state index is 0.507. The summed E-state index contributed by atoms with van der Waals surface area (Å²) in [5, 5.41) is 3.46. The molecule has 0 aliphatic rings. The van der Waals surface area contributed by atoms with Crippen molar-refractivity contribution in [2.75, 3.05) is 0 Å². The van der Waals surface area contributed by atoms with E-state index in [2.05, 4.69) is 29.2 Å². The molecular formula is C21H17Cl2N3. The van der Waals surface area contributed by atoms with Gasteiger partial charge in [-0.15, -0.1) is 0 Å². The number of halogens is 2. The van der Waals surface area contributed by atoms with Gasteiger partial charge in [-0.3, -0.25) is 0 Å². The van der Waals surface area contributed by atoms with E-state index in [1.54, 1.807) is 18.6 Å². The van der Waals surface area contributed by atoms with Crippen molar-refractivity contribution in [3.8, 4) is 0 Å². The zero-order valence-corrected chi connectivity index (χ0v) is 15.5. The molecule has 2 N–H and O–H groups in total. The molecule has 4 rings (SSSR count). The number of hydrogen-bond donors (Lipinski definition) is 1. The Labute approximate surface area is 162 Å². The van der Waals surface area contributed by atoms with Gasteiger partial charge in [-0.25, -0.2) is 4.98 Å². The molecule has 0 aliphatic carbocycles. The number of fused-ring (bicyclic) bond motifs is 1. The van der Waals surface area contributed by atoms with Gasteiger partial charge in [0.15, 0.2) is 0 Å². The highest BCUT2D eigenvalue weighted by Crippen LogP contribution is 2.33. The first-order chi connectivity index (χ1) is 12.6. The van der Waals surface area contributed by atoms with E-state index in [4.69, 9.17) is 28.9 Å². The summed E-state index contributed by atoms with van der Waals surface area (Å²) >= 11 is 12.5. The maximum atomic E-state index is 7.02. The highest BCUT2D eigenvalue weighted by Gasteiger charge is 2.32. The van der Waals surface area contributed by atoms with E-state index in [0.29, 0.717) is 16.5 Å². The monoisotopic (exact) mass is 381 g/mol. The summed E-state index contributed by atoms with van der Waals surface area (Å²) < 4.78 is 1.93. The van der Waals surface area contributed by atoms with Crippen molar-refractivity contribution in [3.63, 3.8) is 0 Å². The van der Waals surface area contributed by atoms with Crippen molar-refractivity contribution < 1.29 is 0 Å². The van der Waals surface area contributed by atoms with Crippen molar-refractivity contribution >= 4 is 34.0 Å². The molecule has 0 fully saturated rings. The molecule has 0 saturated heterocycles. The highest BCUT2D eigenvalue weighted by atomic mass is 35.5. The average molecular weight is 382 g/mol. The van der Waals surface area contributed by atoms with E-state index in [-0.39, 0.29) is 0 Å². The Hall–Kier alpha value is -2.33. The third-order valence-electron chi connectivity index (χ3n) is 4.70. The third-order valence-corrected chi connectivity index (χ3v) is 5.28. The number of hydrogen-bond acceptors (Lipinski definition) is 2. The maximum Gasteiger partial charge on any atom is 0.124 e. The predicted octanol–water partition coefficient (Wildman–Crippen LogP) is 5.25. The number of rotatable bonds is 4. The van der Waals surface area contributed by atoms with Crippen LogP contribution in [0.1, 0.15) is 11.1 Å². The van der Waals surface area contributed by atoms with E-state index in [1.165, 1.54) is 0 Å². The van der Waals surface area contributed by atoms with E-state index in [9.17, 15) is 0 Å². The number of aromatic nitrogens is 2. The van der Waals surface area contributed by atoms with Crippen LogP contribution in [0.15, 0.2) is 79.4 Å². The fourth-order valence-electron chi connectivity index (χ4n) is 3.38. The molecule has 1 unspecified atom stereocenters. The highest BCUT2D eigenvalue weighted by molar-refractivity contribution is 6.35. The molecular weight excluding hydrogens is 365 g/mol. The van der Waals surface area contributed by atoms with Crippen LogP contribution in [0.25, 0.3) is 10.8 Å². The number of benzene rings is 3. The Bertz CT molecular complexity index is 1050. The van der Waals surface area contributed by atoms with Gasteiger partial charge in [-0.05, 0) is 28.5 Å². The zero-order valence-electron chi connectivity index (χ0n) is 13.9. The zero-order chi connectivity index (χ0) is 18.1. The van der Waals surface area contributed by atoms with Gasteiger partial charge in [0.05, 0.1) is 6.33 Å². The number of imidazole rings is 1. The Balaban J connectivity index is 1.92. The number of nitrogens with two attached hydrogens (primary N) is 1. The quantitative estimate of drug-likeness (QED) is 0.524. The summed E-state index contributed by atoms with van der Waals surface area (Å²) in [5.74, 6) is 0. The molecule has 0 amide bonds. The lowest BCUT2D eigenvalue weighted by Gasteiger charge is -2.33. The molecule has 0 bridgehead atoms. The van der Waals surface area contributed by atoms with Gasteiger partial charge in [0.1, 0.15) is 5.66 Å². The van der Waals surface area contributed by atoms with Gasteiger partial charge in [-0.2, -0.15) is 0 Å². The Morgan fingerprint density at radius 3 is 2.58 bits per heavy atom. The van der Waals surface area contributed by atoms with Gasteiger partial charge < -0.3 is 10.3 Å². The van der Waals surface area contributed by atoms with Gasteiger partial charge >= 0.3 is 0 Å². The second-order valence-corrected chi connectivity index (χ2v) is 7.18. The lowest BCUT2D eigenvalue weighted by molar-refractivity contribution is 0.368. The van der Waals surface area contributed by atoms with E-state index >= 15 is 0 Å². The van der Waals surface area contributed by atoms with E-state index in [0.717, 1.165) is 21.9 Å². The summed E-state index contributed by atoms with van der Waals surface area (Å²) in [6.07, 6.45) is 5.86. The van der Waals surface area contributed by atoms with Crippen LogP contribution in [-0.2, 0) is 12.1 Å². The lowest BCUT2D eigenvalue weighted by atomic mass is 9.88. The van der Waals surface area contributed by atoms with Gasteiger partial charge in [0.25, 0.3) is 0 Å². The van der Waals surface area contributed by atoms with Crippen LogP contribution in [0.4, 0.5) is 0 Å². The SMILES string of the molecule is NC(Cc1ccc(Cl)cc1Cl)(c1cccc2ccccc12)n1ccnc1. The molecule has 0 radical (unpaired) electrons. The summed E-state index contributed by atoms with van der Waals surface area (Å²) in [5.41, 5.74) is 8.13. The normalized spacial score (nSPS) is 13.7. The second-order valence-electron chi connectivity index (χ2n) is 6.33. The van der Waals surface area contributed by atoms with E-state index in [1.807, 2.05) is 41.1 Å². The van der Waals surface area contributed by atoms with Crippen LogP contribution < -0.4 is 5.73 Å². The topological polar surface area (TPSA) is 43.8 Å².